The van der Waals surface area contributed by atoms with Crippen LogP contribution in [0.3, 0.4) is 0 Å². The summed E-state index contributed by atoms with van der Waals surface area (Å²) in [7, 11) is 1.88. The molecule has 3 aromatic heterocycles. The van der Waals surface area contributed by atoms with Crippen molar-refractivity contribution in [3.8, 4) is 17.1 Å². The van der Waals surface area contributed by atoms with E-state index in [0.717, 1.165) is 36.0 Å². The van der Waals surface area contributed by atoms with Crippen LogP contribution in [0.5, 0.6) is 0 Å². The number of anilines is 1. The molecule has 0 atom stereocenters. The van der Waals surface area contributed by atoms with E-state index in [1.54, 1.807) is 9.20 Å². The molecule has 1 aliphatic rings. The fourth-order valence-corrected chi connectivity index (χ4v) is 3.49. The topological polar surface area (TPSA) is 73.4 Å². The van der Waals surface area contributed by atoms with Gasteiger partial charge in [-0.2, -0.15) is 19.7 Å². The van der Waals surface area contributed by atoms with Gasteiger partial charge in [-0.3, -0.25) is 0 Å². The largest absolute Gasteiger partial charge is 0.378 e. The van der Waals surface area contributed by atoms with Crippen LogP contribution in [0.15, 0.2) is 42.6 Å². The Labute approximate surface area is 163 Å². The van der Waals surface area contributed by atoms with Crippen LogP contribution >= 0.6 is 0 Å². The Bertz CT molecular complexity index is 1150. The second kappa shape index (κ2) is 6.76. The van der Waals surface area contributed by atoms with Gasteiger partial charge in [-0.1, -0.05) is 23.8 Å². The van der Waals surface area contributed by atoms with Crippen molar-refractivity contribution in [3.05, 3.63) is 48.2 Å². The first-order valence-electron chi connectivity index (χ1n) is 9.37. The van der Waals surface area contributed by atoms with Crippen LogP contribution in [0, 0.1) is 6.92 Å². The number of hydrogen-bond acceptors (Lipinski definition) is 6. The van der Waals surface area contributed by atoms with E-state index in [2.05, 4.69) is 45.1 Å². The van der Waals surface area contributed by atoms with E-state index in [1.165, 1.54) is 5.56 Å². The monoisotopic (exact) mass is 373 g/mol. The summed E-state index contributed by atoms with van der Waals surface area (Å²) < 4.78 is 9.09. The molecule has 1 aromatic carbocycles. The average molecular weight is 373 g/mol. The van der Waals surface area contributed by atoms with E-state index in [0.29, 0.717) is 24.7 Å². The molecule has 1 fully saturated rings. The minimum absolute atomic E-state index is 0.573. The molecule has 28 heavy (non-hydrogen) atoms. The van der Waals surface area contributed by atoms with Crippen molar-refractivity contribution in [2.45, 2.75) is 6.92 Å². The van der Waals surface area contributed by atoms with Gasteiger partial charge in [0.1, 0.15) is 11.5 Å². The Morgan fingerprint density at radius 3 is 2.71 bits per heavy atom. The van der Waals surface area contributed by atoms with Crippen molar-refractivity contribution in [1.29, 1.82) is 0 Å². The summed E-state index contributed by atoms with van der Waals surface area (Å²) in [5, 5.41) is 9.26. The fraction of sp³-hybridized carbons (Fsp3) is 0.263. The molecule has 4 heterocycles. The number of hydrogen-bond donors (Lipinski definition) is 0. The van der Waals surface area contributed by atoms with Crippen molar-refractivity contribution in [3.63, 3.8) is 0 Å². The molecule has 0 unspecified atom stereocenters. The van der Waals surface area contributed by atoms with Gasteiger partial charge in [-0.15, -0.1) is 0 Å². The van der Waals surface area contributed by atoms with Crippen LogP contribution in [0.1, 0.15) is 5.56 Å². The van der Waals surface area contributed by atoms with Gasteiger partial charge in [0.25, 0.3) is 5.78 Å². The highest BCUT2D eigenvalue weighted by molar-refractivity contribution is 6.29. The van der Waals surface area contributed by atoms with Crippen molar-refractivity contribution in [1.82, 2.24) is 29.4 Å². The molecule has 0 N–H and O–H groups in total. The molecule has 0 spiro atoms. The summed E-state index contributed by atoms with van der Waals surface area (Å²) in [5.74, 6) is 2.25. The highest BCUT2D eigenvalue weighted by Gasteiger charge is 2.19. The third kappa shape index (κ3) is 3.03. The average Bonchev–Trinajstić information content (AvgIpc) is 3.34. The second-order valence-corrected chi connectivity index (χ2v) is 6.96. The standard InChI is InChI=1S/C19H20BN7O/c1-13-3-2-4-14(11-13)15-5-6-26(23-15)16-12-17(25-7-9-28-10-8-25)27-19(21-16)22-18(20)24-27/h2-6,11-12H,7-10,20H2,1H3. The highest BCUT2D eigenvalue weighted by atomic mass is 16.5. The van der Waals surface area contributed by atoms with Gasteiger partial charge < -0.3 is 9.64 Å². The molecule has 0 saturated carbocycles. The maximum atomic E-state index is 5.50. The third-order valence-electron chi connectivity index (χ3n) is 4.86. The van der Waals surface area contributed by atoms with Crippen molar-refractivity contribution < 1.29 is 4.74 Å². The molecular weight excluding hydrogens is 353 g/mol. The van der Waals surface area contributed by atoms with Gasteiger partial charge in [-0.25, -0.2) is 9.67 Å². The van der Waals surface area contributed by atoms with E-state index in [4.69, 9.17) is 9.84 Å². The van der Waals surface area contributed by atoms with E-state index in [9.17, 15) is 0 Å². The van der Waals surface area contributed by atoms with Crippen molar-refractivity contribution in [2.75, 3.05) is 31.2 Å². The lowest BCUT2D eigenvalue weighted by Crippen LogP contribution is -2.37. The number of aryl methyl sites for hydroxylation is 1. The van der Waals surface area contributed by atoms with E-state index in [1.807, 2.05) is 32.2 Å². The maximum Gasteiger partial charge on any atom is 0.255 e. The maximum absolute atomic E-state index is 5.50. The Balaban J connectivity index is 1.59. The number of benzene rings is 1. The van der Waals surface area contributed by atoms with E-state index >= 15 is 0 Å². The Morgan fingerprint density at radius 2 is 1.89 bits per heavy atom. The number of rotatable bonds is 3. The van der Waals surface area contributed by atoms with Crippen LogP contribution in [-0.4, -0.2) is 63.5 Å². The molecule has 8 nitrogen and oxygen atoms in total. The molecule has 0 bridgehead atoms. The van der Waals surface area contributed by atoms with Gasteiger partial charge in [-0.05, 0) is 19.1 Å². The molecule has 0 amide bonds. The predicted molar refractivity (Wildman–Crippen MR) is 109 cm³/mol. The first kappa shape index (κ1) is 16.9. The number of nitrogens with zero attached hydrogens (tertiary/aromatic N) is 7. The summed E-state index contributed by atoms with van der Waals surface area (Å²) in [6, 6.07) is 12.3. The summed E-state index contributed by atoms with van der Waals surface area (Å²) >= 11 is 0. The van der Waals surface area contributed by atoms with Crippen LogP contribution in [0.2, 0.25) is 0 Å². The highest BCUT2D eigenvalue weighted by Crippen LogP contribution is 2.22. The molecule has 4 aromatic rings. The lowest BCUT2D eigenvalue weighted by molar-refractivity contribution is 0.122. The van der Waals surface area contributed by atoms with Gasteiger partial charge in [0, 0.05) is 30.9 Å². The van der Waals surface area contributed by atoms with Gasteiger partial charge >= 0.3 is 0 Å². The van der Waals surface area contributed by atoms with Crippen LogP contribution in [0.25, 0.3) is 22.9 Å². The van der Waals surface area contributed by atoms with Gasteiger partial charge in [0.15, 0.2) is 13.7 Å². The molecule has 140 valence electrons. The zero-order valence-corrected chi connectivity index (χ0v) is 15.9. The zero-order chi connectivity index (χ0) is 19.1. The number of ether oxygens (including phenoxy) is 1. The Morgan fingerprint density at radius 1 is 1.04 bits per heavy atom. The third-order valence-corrected chi connectivity index (χ3v) is 4.86. The lowest BCUT2D eigenvalue weighted by Gasteiger charge is -2.28. The first-order valence-corrected chi connectivity index (χ1v) is 9.37. The zero-order valence-electron chi connectivity index (χ0n) is 15.9. The lowest BCUT2D eigenvalue weighted by atomic mass is 10.1. The van der Waals surface area contributed by atoms with Crippen LogP contribution < -0.4 is 10.6 Å². The minimum Gasteiger partial charge on any atom is -0.378 e. The molecular formula is C19H20BN7O. The van der Waals surface area contributed by atoms with E-state index in [-0.39, 0.29) is 0 Å². The van der Waals surface area contributed by atoms with Crippen LogP contribution in [0.4, 0.5) is 5.82 Å². The number of fused-ring (bicyclic) bond motifs is 1. The molecule has 1 aliphatic heterocycles. The molecule has 0 radical (unpaired) electrons. The fourth-order valence-electron chi connectivity index (χ4n) is 3.49. The quantitative estimate of drug-likeness (QED) is 0.484. The van der Waals surface area contributed by atoms with Gasteiger partial charge in [0.2, 0.25) is 0 Å². The number of morpholine rings is 1. The summed E-state index contributed by atoms with van der Waals surface area (Å²) in [6.07, 6.45) is 1.93. The summed E-state index contributed by atoms with van der Waals surface area (Å²) in [5.41, 5.74) is 3.91. The Hall–Kier alpha value is -3.20. The first-order chi connectivity index (χ1) is 13.7. The normalized spacial score (nSPS) is 14.7. The smallest absolute Gasteiger partial charge is 0.255 e. The number of aromatic nitrogens is 6. The molecule has 5 rings (SSSR count). The molecule has 1 saturated heterocycles. The molecule has 9 heteroatoms. The van der Waals surface area contributed by atoms with Crippen LogP contribution in [-0.2, 0) is 4.74 Å². The minimum atomic E-state index is 0.573. The van der Waals surface area contributed by atoms with E-state index < -0.39 is 0 Å². The predicted octanol–water partition coefficient (Wildman–Crippen LogP) is 0.380. The van der Waals surface area contributed by atoms with Gasteiger partial charge in [0.05, 0.1) is 18.9 Å². The summed E-state index contributed by atoms with van der Waals surface area (Å²) in [6.45, 7) is 5.10. The molecule has 0 aliphatic carbocycles. The van der Waals surface area contributed by atoms with Crippen molar-refractivity contribution >= 4 is 25.2 Å². The second-order valence-electron chi connectivity index (χ2n) is 6.96. The Kier molecular flexibility index (Phi) is 4.09. The summed E-state index contributed by atoms with van der Waals surface area (Å²) in [4.78, 5) is 11.4. The van der Waals surface area contributed by atoms with Crippen molar-refractivity contribution in [2.24, 2.45) is 0 Å². The SMILES string of the molecule is Bc1nc2nc(-n3ccc(-c4cccc(C)c4)n3)cc(N3CCOCC3)n2n1.